The summed E-state index contributed by atoms with van der Waals surface area (Å²) < 4.78 is 0. The number of nitrogens with one attached hydrogen (secondary N) is 2. The Hall–Kier alpha value is -2.37. The Bertz CT molecular complexity index is 628. The quantitative estimate of drug-likeness (QED) is 0.699. The molecule has 0 aliphatic carbocycles. The Morgan fingerprint density at radius 2 is 1.77 bits per heavy atom. The summed E-state index contributed by atoms with van der Waals surface area (Å²) in [6.45, 7) is 10.7. The zero-order valence-corrected chi connectivity index (χ0v) is 16.5. The molecule has 1 atom stereocenters. The maximum Gasteiger partial charge on any atom is 0.313 e. The van der Waals surface area contributed by atoms with Crippen molar-refractivity contribution in [3.63, 3.8) is 0 Å². The van der Waals surface area contributed by atoms with E-state index in [0.29, 0.717) is 24.7 Å². The largest absolute Gasteiger partial charge is 0.345 e. The van der Waals surface area contributed by atoms with Crippen LogP contribution in [-0.4, -0.2) is 35.2 Å². The summed E-state index contributed by atoms with van der Waals surface area (Å²) in [6.07, 6.45) is 1.83. The van der Waals surface area contributed by atoms with Crippen molar-refractivity contribution in [3.05, 3.63) is 29.8 Å². The van der Waals surface area contributed by atoms with E-state index in [0.717, 1.165) is 18.4 Å². The number of rotatable bonds is 8. The van der Waals surface area contributed by atoms with Gasteiger partial charge in [0.1, 0.15) is 0 Å². The minimum atomic E-state index is -0.683. The molecule has 0 bridgehead atoms. The number of anilines is 1. The molecule has 0 spiro atoms. The molecule has 1 unspecified atom stereocenters. The smallest absolute Gasteiger partial charge is 0.313 e. The molecule has 3 amide bonds. The molecule has 2 N–H and O–H groups in total. The maximum absolute atomic E-state index is 12.1. The van der Waals surface area contributed by atoms with Crippen LogP contribution in [0.2, 0.25) is 0 Å². The Labute approximate surface area is 156 Å². The van der Waals surface area contributed by atoms with Gasteiger partial charge in [0.25, 0.3) is 0 Å². The van der Waals surface area contributed by atoms with Crippen molar-refractivity contribution in [2.45, 2.75) is 60.0 Å². The summed E-state index contributed by atoms with van der Waals surface area (Å²) in [5, 5.41) is 5.34. The second-order valence-electron chi connectivity index (χ2n) is 7.03. The SMILES string of the molecule is CCN(Cc1cccc(NC(=O)C(=O)NC(C)CCC(C)C)c1)C(C)=O. The highest BCUT2D eigenvalue weighted by Gasteiger charge is 2.17. The van der Waals surface area contributed by atoms with Crippen molar-refractivity contribution in [1.29, 1.82) is 0 Å². The van der Waals surface area contributed by atoms with Crippen LogP contribution in [0.5, 0.6) is 0 Å². The summed E-state index contributed by atoms with van der Waals surface area (Å²) in [4.78, 5) is 37.4. The molecule has 0 aromatic heterocycles. The van der Waals surface area contributed by atoms with Gasteiger partial charge in [0, 0.05) is 31.7 Å². The van der Waals surface area contributed by atoms with E-state index in [1.54, 1.807) is 23.1 Å². The molecule has 144 valence electrons. The third-order valence-corrected chi connectivity index (χ3v) is 4.15. The third kappa shape index (κ3) is 7.68. The van der Waals surface area contributed by atoms with Gasteiger partial charge in [-0.3, -0.25) is 14.4 Å². The summed E-state index contributed by atoms with van der Waals surface area (Å²) in [5.41, 5.74) is 1.43. The molecule has 6 nitrogen and oxygen atoms in total. The lowest BCUT2D eigenvalue weighted by Crippen LogP contribution is -2.40. The molecule has 0 heterocycles. The average molecular weight is 361 g/mol. The van der Waals surface area contributed by atoms with E-state index < -0.39 is 11.8 Å². The van der Waals surface area contributed by atoms with Gasteiger partial charge in [-0.1, -0.05) is 26.0 Å². The fourth-order valence-electron chi connectivity index (χ4n) is 2.55. The molecule has 1 rings (SSSR count). The number of benzene rings is 1. The summed E-state index contributed by atoms with van der Waals surface area (Å²) in [7, 11) is 0. The topological polar surface area (TPSA) is 78.5 Å². The van der Waals surface area contributed by atoms with E-state index in [2.05, 4.69) is 24.5 Å². The maximum atomic E-state index is 12.1. The Balaban J connectivity index is 2.62. The van der Waals surface area contributed by atoms with Gasteiger partial charge in [0.15, 0.2) is 0 Å². The lowest BCUT2D eigenvalue weighted by Gasteiger charge is -2.19. The van der Waals surface area contributed by atoms with E-state index in [-0.39, 0.29) is 11.9 Å². The molecule has 6 heteroatoms. The fourth-order valence-corrected chi connectivity index (χ4v) is 2.55. The third-order valence-electron chi connectivity index (χ3n) is 4.15. The van der Waals surface area contributed by atoms with Crippen LogP contribution in [0.1, 0.15) is 53.0 Å². The van der Waals surface area contributed by atoms with Crippen molar-refractivity contribution in [3.8, 4) is 0 Å². The van der Waals surface area contributed by atoms with Crippen LogP contribution in [0.25, 0.3) is 0 Å². The Kier molecular flexibility index (Phi) is 8.82. The second-order valence-corrected chi connectivity index (χ2v) is 7.03. The van der Waals surface area contributed by atoms with Gasteiger partial charge in [-0.25, -0.2) is 0 Å². The zero-order valence-electron chi connectivity index (χ0n) is 16.5. The number of hydrogen-bond donors (Lipinski definition) is 2. The van der Waals surface area contributed by atoms with E-state index in [1.807, 2.05) is 19.9 Å². The molecule has 0 saturated heterocycles. The minimum absolute atomic E-state index is 0.00305. The van der Waals surface area contributed by atoms with Crippen LogP contribution in [-0.2, 0) is 20.9 Å². The molecule has 0 aliphatic heterocycles. The van der Waals surface area contributed by atoms with E-state index in [1.165, 1.54) is 6.92 Å². The van der Waals surface area contributed by atoms with Crippen molar-refractivity contribution in [2.24, 2.45) is 5.92 Å². The summed E-state index contributed by atoms with van der Waals surface area (Å²) >= 11 is 0. The van der Waals surface area contributed by atoms with E-state index in [9.17, 15) is 14.4 Å². The van der Waals surface area contributed by atoms with Gasteiger partial charge in [0.2, 0.25) is 5.91 Å². The lowest BCUT2D eigenvalue weighted by atomic mass is 10.0. The first kappa shape index (κ1) is 21.7. The summed E-state index contributed by atoms with van der Waals surface area (Å²) in [6, 6.07) is 7.13. The van der Waals surface area contributed by atoms with Crippen LogP contribution in [0.15, 0.2) is 24.3 Å². The lowest BCUT2D eigenvalue weighted by molar-refractivity contribution is -0.136. The molecular weight excluding hydrogens is 330 g/mol. The molecule has 1 aromatic rings. The van der Waals surface area contributed by atoms with Crippen molar-refractivity contribution in [1.82, 2.24) is 10.2 Å². The van der Waals surface area contributed by atoms with Crippen LogP contribution in [0.4, 0.5) is 5.69 Å². The number of carbonyl (C=O) groups is 3. The van der Waals surface area contributed by atoms with Crippen molar-refractivity contribution in [2.75, 3.05) is 11.9 Å². The normalized spacial score (nSPS) is 11.8. The number of nitrogens with zero attached hydrogens (tertiary/aromatic N) is 1. The Morgan fingerprint density at radius 1 is 1.08 bits per heavy atom. The first-order valence-corrected chi connectivity index (χ1v) is 9.19. The highest BCUT2D eigenvalue weighted by atomic mass is 16.2. The highest BCUT2D eigenvalue weighted by molar-refractivity contribution is 6.39. The Morgan fingerprint density at radius 3 is 2.35 bits per heavy atom. The predicted molar refractivity (Wildman–Crippen MR) is 104 cm³/mol. The average Bonchev–Trinajstić information content (AvgIpc) is 2.57. The van der Waals surface area contributed by atoms with Gasteiger partial charge in [-0.2, -0.15) is 0 Å². The van der Waals surface area contributed by atoms with E-state index in [4.69, 9.17) is 0 Å². The first-order valence-electron chi connectivity index (χ1n) is 9.19. The molecule has 0 aliphatic rings. The van der Waals surface area contributed by atoms with Crippen molar-refractivity contribution >= 4 is 23.4 Å². The standard InChI is InChI=1S/C20H31N3O3/c1-6-23(16(5)24)13-17-8-7-9-18(12-17)22-20(26)19(25)21-15(4)11-10-14(2)3/h7-9,12,14-15H,6,10-11,13H2,1-5H3,(H,21,25)(H,22,26). The molecular formula is C20H31N3O3. The van der Waals surface area contributed by atoms with E-state index >= 15 is 0 Å². The molecule has 26 heavy (non-hydrogen) atoms. The summed E-state index contributed by atoms with van der Waals surface area (Å²) in [5.74, 6) is -0.761. The van der Waals surface area contributed by atoms with Crippen molar-refractivity contribution < 1.29 is 14.4 Å². The monoisotopic (exact) mass is 361 g/mol. The van der Waals surface area contributed by atoms with Crippen LogP contribution in [0.3, 0.4) is 0 Å². The van der Waals surface area contributed by atoms with Gasteiger partial charge in [-0.05, 0) is 50.3 Å². The second kappa shape index (κ2) is 10.6. The van der Waals surface area contributed by atoms with Gasteiger partial charge in [-0.15, -0.1) is 0 Å². The van der Waals surface area contributed by atoms with Gasteiger partial charge >= 0.3 is 11.8 Å². The van der Waals surface area contributed by atoms with Gasteiger partial charge in [0.05, 0.1) is 0 Å². The fraction of sp³-hybridized carbons (Fsp3) is 0.550. The minimum Gasteiger partial charge on any atom is -0.345 e. The number of amides is 3. The molecule has 1 aromatic carbocycles. The predicted octanol–water partition coefficient (Wildman–Crippen LogP) is 2.93. The van der Waals surface area contributed by atoms with Crippen LogP contribution >= 0.6 is 0 Å². The number of hydrogen-bond acceptors (Lipinski definition) is 3. The molecule has 0 saturated carbocycles. The zero-order chi connectivity index (χ0) is 19.7. The van der Waals surface area contributed by atoms with Gasteiger partial charge < -0.3 is 15.5 Å². The molecule has 0 radical (unpaired) electrons. The number of carbonyl (C=O) groups excluding carboxylic acids is 3. The first-order chi connectivity index (χ1) is 12.2. The van der Waals surface area contributed by atoms with Crippen LogP contribution < -0.4 is 10.6 Å². The highest BCUT2D eigenvalue weighted by Crippen LogP contribution is 2.13. The van der Waals surface area contributed by atoms with Crippen LogP contribution in [0, 0.1) is 5.92 Å². The molecule has 0 fully saturated rings.